The fraction of sp³-hybridized carbons (Fsp3) is 0.0769. The Morgan fingerprint density at radius 1 is 0.483 bits per heavy atom. The number of ether oxygens (including phenoxy) is 1. The molecule has 4 rings (SSSR count). The van der Waals surface area contributed by atoms with Crippen LogP contribution in [0.1, 0.15) is 11.1 Å². The minimum absolute atomic E-state index is 0.150. The van der Waals surface area contributed by atoms with Crippen LogP contribution in [-0.2, 0) is 0 Å². The van der Waals surface area contributed by atoms with Crippen molar-refractivity contribution in [2.45, 2.75) is 13.8 Å². The third-order valence-electron chi connectivity index (χ3n) is 4.44. The first-order chi connectivity index (χ1) is 14.2. The molecule has 1 nitrogen and oxygen atoms in total. The predicted molar refractivity (Wildman–Crippen MR) is 110 cm³/mol. The Morgan fingerprint density at radius 2 is 0.862 bits per heavy atom. The fourth-order valence-electron chi connectivity index (χ4n) is 2.82. The van der Waals surface area contributed by atoms with Crippen molar-refractivity contribution in [2.75, 3.05) is 0 Å². The van der Waals surface area contributed by atoms with Gasteiger partial charge in [0.2, 0.25) is 0 Å². The van der Waals surface area contributed by atoms with E-state index in [0.29, 0.717) is 0 Å². The van der Waals surface area contributed by atoms with Gasteiger partial charge in [0.05, 0.1) is 0 Å². The molecular weight excluding hydrogens is 582 g/mol. The van der Waals surface area contributed by atoms with E-state index in [9.17, 15) is 0 Å². The molecule has 29 heavy (non-hydrogen) atoms. The van der Waals surface area contributed by atoms with Crippen LogP contribution in [0.3, 0.4) is 0 Å². The fourth-order valence-corrected chi connectivity index (χ4v) is 7.58. The van der Waals surface area contributed by atoms with Gasteiger partial charge in [-0.3, -0.25) is 0 Å². The van der Waals surface area contributed by atoms with E-state index in [1.807, 2.05) is 0 Å². The van der Waals surface area contributed by atoms with Crippen LogP contribution >= 0.6 is 0 Å². The molecule has 0 N–H and O–H groups in total. The van der Waals surface area contributed by atoms with E-state index < -0.39 is 0 Å². The second-order valence-corrected chi connectivity index (χ2v) is 12.6. The second kappa shape index (κ2) is 9.76. The summed E-state index contributed by atoms with van der Waals surface area (Å²) in [6.45, 7) is 4.38. The summed E-state index contributed by atoms with van der Waals surface area (Å²) in [6.07, 6.45) is 0. The zero-order valence-corrected chi connectivity index (χ0v) is 20.7. The molecule has 0 aliphatic heterocycles. The van der Waals surface area contributed by atoms with Gasteiger partial charge in [-0.2, -0.15) is 0 Å². The van der Waals surface area contributed by atoms with Crippen molar-refractivity contribution in [3.8, 4) is 11.5 Å². The van der Waals surface area contributed by atoms with E-state index in [1.165, 1.54) is 25.4 Å². The maximum atomic E-state index is 6.06. The molecule has 0 aliphatic rings. The van der Waals surface area contributed by atoms with Gasteiger partial charge in [-0.25, -0.2) is 0 Å². The Kier molecular flexibility index (Phi) is 6.87. The SMILES string of the molecule is Cc1ccccc1[I-]c1ccc(Oc2ccc([I-]c3ccccc3C)cc2)cc1. The zero-order valence-electron chi connectivity index (χ0n) is 16.4. The molecule has 0 bridgehead atoms. The molecule has 0 unspecified atom stereocenters. The summed E-state index contributed by atoms with van der Waals surface area (Å²) in [5, 5.41) is 0. The van der Waals surface area contributed by atoms with Gasteiger partial charge in [-0.05, 0) is 0 Å². The van der Waals surface area contributed by atoms with E-state index in [4.69, 9.17) is 4.74 Å². The molecule has 0 heterocycles. The van der Waals surface area contributed by atoms with Gasteiger partial charge in [0, 0.05) is 0 Å². The van der Waals surface area contributed by atoms with Crippen LogP contribution in [0.25, 0.3) is 0 Å². The summed E-state index contributed by atoms with van der Waals surface area (Å²) in [7, 11) is 0. The second-order valence-electron chi connectivity index (χ2n) is 6.70. The van der Waals surface area contributed by atoms with Crippen molar-refractivity contribution in [1.29, 1.82) is 0 Å². The molecule has 4 aromatic carbocycles. The summed E-state index contributed by atoms with van der Waals surface area (Å²) in [6, 6.07) is 34.5. The number of rotatable bonds is 6. The number of benzene rings is 4. The Morgan fingerprint density at radius 3 is 1.24 bits per heavy atom. The van der Waals surface area contributed by atoms with Gasteiger partial charge >= 0.3 is 195 Å². The first-order valence-electron chi connectivity index (χ1n) is 9.46. The van der Waals surface area contributed by atoms with Crippen molar-refractivity contribution < 1.29 is 47.1 Å². The van der Waals surface area contributed by atoms with Gasteiger partial charge < -0.3 is 0 Å². The van der Waals surface area contributed by atoms with Crippen molar-refractivity contribution >= 4 is 0 Å². The number of hydrogen-bond donors (Lipinski definition) is 0. The molecule has 0 saturated heterocycles. The summed E-state index contributed by atoms with van der Waals surface area (Å²) in [5.74, 6) is 1.78. The number of halogens is 2. The first kappa shape index (κ1) is 20.4. The molecule has 3 heteroatoms. The van der Waals surface area contributed by atoms with Crippen LogP contribution in [0.5, 0.6) is 11.5 Å². The monoisotopic (exact) mass is 604 g/mol. The van der Waals surface area contributed by atoms with Gasteiger partial charge in [0.1, 0.15) is 0 Å². The Hall–Kier alpha value is -1.86. The molecule has 0 fully saturated rings. The standard InChI is InChI=1S/C26H22I2O/c1-19-7-3-5-9-25(19)27-21-11-15-23(16-12-21)29-24-17-13-22(14-18-24)28-26-10-6-4-8-20(26)2/h3-18H,1-2H3/q-2. The Labute approximate surface area is 193 Å². The van der Waals surface area contributed by atoms with E-state index in [1.54, 1.807) is 0 Å². The van der Waals surface area contributed by atoms with Crippen LogP contribution in [0, 0.1) is 28.1 Å². The molecule has 0 atom stereocenters. The van der Waals surface area contributed by atoms with E-state index in [0.717, 1.165) is 11.5 Å². The molecule has 0 radical (unpaired) electrons. The molecule has 0 aromatic heterocycles. The topological polar surface area (TPSA) is 9.23 Å². The van der Waals surface area contributed by atoms with Crippen molar-refractivity contribution in [2.24, 2.45) is 0 Å². The quantitative estimate of drug-likeness (QED) is 0.289. The molecule has 0 amide bonds. The van der Waals surface area contributed by atoms with Crippen LogP contribution in [-0.4, -0.2) is 0 Å². The Balaban J connectivity index is 1.39. The molecule has 0 saturated carbocycles. The summed E-state index contributed by atoms with van der Waals surface area (Å²) in [4.78, 5) is 0. The predicted octanol–water partition coefficient (Wildman–Crippen LogP) is 0.353. The van der Waals surface area contributed by atoms with Crippen LogP contribution in [0.15, 0.2) is 97.1 Å². The molecule has 0 spiro atoms. The summed E-state index contributed by atoms with van der Waals surface area (Å²) in [5.41, 5.74) is 2.77. The first-order valence-corrected chi connectivity index (χ1v) is 13.8. The van der Waals surface area contributed by atoms with E-state index in [-0.39, 0.29) is 42.4 Å². The number of aryl methyl sites for hydroxylation is 2. The third-order valence-corrected chi connectivity index (χ3v) is 10.7. The van der Waals surface area contributed by atoms with Crippen LogP contribution in [0.4, 0.5) is 0 Å². The number of hydrogen-bond acceptors (Lipinski definition) is 1. The van der Waals surface area contributed by atoms with Crippen LogP contribution in [0.2, 0.25) is 0 Å². The third kappa shape index (κ3) is 5.60. The van der Waals surface area contributed by atoms with Gasteiger partial charge in [-0.1, -0.05) is 0 Å². The van der Waals surface area contributed by atoms with Gasteiger partial charge in [-0.15, -0.1) is 0 Å². The minimum atomic E-state index is -0.150. The zero-order chi connectivity index (χ0) is 20.1. The van der Waals surface area contributed by atoms with Crippen molar-refractivity contribution in [3.63, 3.8) is 0 Å². The normalized spacial score (nSPS) is 11.0. The average Bonchev–Trinajstić information content (AvgIpc) is 2.74. The molecule has 4 aromatic rings. The molecule has 0 aliphatic carbocycles. The van der Waals surface area contributed by atoms with Gasteiger partial charge in [0.15, 0.2) is 0 Å². The summed E-state index contributed by atoms with van der Waals surface area (Å²) < 4.78 is 11.8. The van der Waals surface area contributed by atoms with E-state index in [2.05, 4.69) is 111 Å². The van der Waals surface area contributed by atoms with E-state index >= 15 is 0 Å². The Bertz CT molecular complexity index is 997. The maximum absolute atomic E-state index is 6.06. The molecule has 148 valence electrons. The summed E-state index contributed by atoms with van der Waals surface area (Å²) >= 11 is -0.301. The van der Waals surface area contributed by atoms with Crippen molar-refractivity contribution in [3.05, 3.63) is 122 Å². The van der Waals surface area contributed by atoms with Gasteiger partial charge in [0.25, 0.3) is 0 Å². The van der Waals surface area contributed by atoms with Crippen LogP contribution < -0.4 is 47.1 Å². The molecular formula is C26H22I2O-2. The average molecular weight is 604 g/mol. The van der Waals surface area contributed by atoms with Crippen molar-refractivity contribution in [1.82, 2.24) is 0 Å².